The molecule has 3 rings (SSSR count). The molecule has 0 amide bonds. The van der Waals surface area contributed by atoms with Crippen molar-refractivity contribution in [1.29, 1.82) is 0 Å². The summed E-state index contributed by atoms with van der Waals surface area (Å²) >= 11 is 0. The number of aromatic amines is 1. The van der Waals surface area contributed by atoms with Crippen LogP contribution in [-0.2, 0) is 0 Å². The van der Waals surface area contributed by atoms with Crippen molar-refractivity contribution >= 4 is 17.0 Å². The van der Waals surface area contributed by atoms with E-state index < -0.39 is 0 Å². The molecule has 0 unspecified atom stereocenters. The van der Waals surface area contributed by atoms with E-state index in [2.05, 4.69) is 33.9 Å². The van der Waals surface area contributed by atoms with E-state index in [0.717, 1.165) is 36.0 Å². The monoisotopic (exact) mass is 229 g/mol. The van der Waals surface area contributed by atoms with Gasteiger partial charge in [0.25, 0.3) is 0 Å². The number of imidazole rings is 1. The summed E-state index contributed by atoms with van der Waals surface area (Å²) in [5, 5.41) is 0. The van der Waals surface area contributed by atoms with Crippen LogP contribution in [0.3, 0.4) is 0 Å². The number of anilines is 1. The Morgan fingerprint density at radius 2 is 2.06 bits per heavy atom. The largest absolute Gasteiger partial charge is 0.342 e. The van der Waals surface area contributed by atoms with E-state index >= 15 is 0 Å². The maximum atomic E-state index is 4.66. The van der Waals surface area contributed by atoms with Crippen molar-refractivity contribution in [3.05, 3.63) is 24.3 Å². The third kappa shape index (κ3) is 2.02. The highest BCUT2D eigenvalue weighted by molar-refractivity contribution is 5.77. The SMILES string of the molecule is CCC1CCN(c2nc3ccccc3[nH]2)CC1. The molecule has 0 radical (unpaired) electrons. The molecule has 0 saturated carbocycles. The molecule has 0 aliphatic carbocycles. The van der Waals surface area contributed by atoms with Crippen LogP contribution in [-0.4, -0.2) is 23.1 Å². The standard InChI is InChI=1S/C14H19N3/c1-2-11-7-9-17(10-8-11)14-15-12-5-3-4-6-13(12)16-14/h3-6,11H,2,7-10H2,1H3,(H,15,16). The Hall–Kier alpha value is -1.51. The van der Waals surface area contributed by atoms with Crippen molar-refractivity contribution in [3.8, 4) is 0 Å². The zero-order valence-corrected chi connectivity index (χ0v) is 10.3. The molecule has 17 heavy (non-hydrogen) atoms. The number of H-pyrrole nitrogens is 1. The fourth-order valence-electron chi connectivity index (χ4n) is 2.64. The lowest BCUT2D eigenvalue weighted by Crippen LogP contribution is -2.34. The minimum atomic E-state index is 0.913. The molecule has 90 valence electrons. The van der Waals surface area contributed by atoms with Gasteiger partial charge < -0.3 is 9.88 Å². The van der Waals surface area contributed by atoms with Gasteiger partial charge in [0.05, 0.1) is 11.0 Å². The first-order valence-corrected chi connectivity index (χ1v) is 6.56. The second-order valence-corrected chi connectivity index (χ2v) is 4.92. The lowest BCUT2D eigenvalue weighted by molar-refractivity contribution is 0.393. The lowest BCUT2D eigenvalue weighted by Gasteiger charge is -2.31. The first kappa shape index (κ1) is 10.6. The number of hydrogen-bond acceptors (Lipinski definition) is 2. The lowest BCUT2D eigenvalue weighted by atomic mass is 9.95. The molecule has 3 nitrogen and oxygen atoms in total. The molecule has 1 N–H and O–H groups in total. The van der Waals surface area contributed by atoms with Crippen molar-refractivity contribution in [3.63, 3.8) is 0 Å². The number of piperidine rings is 1. The molecular weight excluding hydrogens is 210 g/mol. The van der Waals surface area contributed by atoms with E-state index in [1.807, 2.05) is 12.1 Å². The molecule has 2 aromatic rings. The summed E-state index contributed by atoms with van der Waals surface area (Å²) in [7, 11) is 0. The number of fused-ring (bicyclic) bond motifs is 1. The summed E-state index contributed by atoms with van der Waals surface area (Å²) in [5.41, 5.74) is 2.21. The molecule has 1 aromatic carbocycles. The van der Waals surface area contributed by atoms with Crippen LogP contribution >= 0.6 is 0 Å². The Bertz CT molecular complexity index is 462. The third-order valence-corrected chi connectivity index (χ3v) is 3.87. The van der Waals surface area contributed by atoms with Crippen LogP contribution in [0.25, 0.3) is 11.0 Å². The quantitative estimate of drug-likeness (QED) is 0.857. The van der Waals surface area contributed by atoms with Crippen LogP contribution in [0.15, 0.2) is 24.3 Å². The van der Waals surface area contributed by atoms with Crippen molar-refractivity contribution < 1.29 is 0 Å². The van der Waals surface area contributed by atoms with Gasteiger partial charge >= 0.3 is 0 Å². The van der Waals surface area contributed by atoms with Gasteiger partial charge in [-0.1, -0.05) is 25.5 Å². The van der Waals surface area contributed by atoms with Gasteiger partial charge in [-0.15, -0.1) is 0 Å². The number of nitrogens with one attached hydrogen (secondary N) is 1. The summed E-state index contributed by atoms with van der Waals surface area (Å²) < 4.78 is 0. The van der Waals surface area contributed by atoms with Crippen LogP contribution in [0.5, 0.6) is 0 Å². The Morgan fingerprint density at radius 3 is 2.76 bits per heavy atom. The molecule has 2 heterocycles. The predicted octanol–water partition coefficient (Wildman–Crippen LogP) is 3.19. The molecule has 0 bridgehead atoms. The van der Waals surface area contributed by atoms with Crippen LogP contribution < -0.4 is 4.90 Å². The van der Waals surface area contributed by atoms with Crippen LogP contribution in [0.1, 0.15) is 26.2 Å². The van der Waals surface area contributed by atoms with E-state index in [-0.39, 0.29) is 0 Å². The number of rotatable bonds is 2. The fraction of sp³-hybridized carbons (Fsp3) is 0.500. The average molecular weight is 229 g/mol. The first-order valence-electron chi connectivity index (χ1n) is 6.56. The third-order valence-electron chi connectivity index (χ3n) is 3.87. The van der Waals surface area contributed by atoms with Gasteiger partial charge in [0, 0.05) is 13.1 Å². The van der Waals surface area contributed by atoms with Gasteiger partial charge in [0.1, 0.15) is 0 Å². The molecule has 1 aliphatic heterocycles. The molecule has 3 heteroatoms. The van der Waals surface area contributed by atoms with Gasteiger partial charge in [-0.25, -0.2) is 4.98 Å². The second kappa shape index (κ2) is 4.40. The van der Waals surface area contributed by atoms with Gasteiger partial charge in [0.2, 0.25) is 5.95 Å². The van der Waals surface area contributed by atoms with E-state index in [9.17, 15) is 0 Å². The number of aromatic nitrogens is 2. The van der Waals surface area contributed by atoms with E-state index in [0.29, 0.717) is 0 Å². The van der Waals surface area contributed by atoms with Crippen molar-refractivity contribution in [2.75, 3.05) is 18.0 Å². The van der Waals surface area contributed by atoms with Crippen LogP contribution in [0.2, 0.25) is 0 Å². The molecule has 0 atom stereocenters. The van der Waals surface area contributed by atoms with Crippen LogP contribution in [0.4, 0.5) is 5.95 Å². The van der Waals surface area contributed by atoms with Gasteiger partial charge in [-0.05, 0) is 30.9 Å². The van der Waals surface area contributed by atoms with Crippen molar-refractivity contribution in [1.82, 2.24) is 9.97 Å². The van der Waals surface area contributed by atoms with Crippen molar-refractivity contribution in [2.24, 2.45) is 5.92 Å². The Kier molecular flexibility index (Phi) is 2.75. The molecule has 1 fully saturated rings. The number of benzene rings is 1. The predicted molar refractivity (Wildman–Crippen MR) is 71.3 cm³/mol. The molecule has 1 aromatic heterocycles. The molecular formula is C14H19N3. The summed E-state index contributed by atoms with van der Waals surface area (Å²) in [6, 6.07) is 8.24. The number of para-hydroxylation sites is 2. The maximum Gasteiger partial charge on any atom is 0.203 e. The Balaban J connectivity index is 1.80. The minimum Gasteiger partial charge on any atom is -0.342 e. The topological polar surface area (TPSA) is 31.9 Å². The normalized spacial score (nSPS) is 17.8. The van der Waals surface area contributed by atoms with E-state index in [1.54, 1.807) is 0 Å². The van der Waals surface area contributed by atoms with Crippen LogP contribution in [0, 0.1) is 5.92 Å². The summed E-state index contributed by atoms with van der Waals surface area (Å²) in [5.74, 6) is 1.95. The van der Waals surface area contributed by atoms with E-state index in [1.165, 1.54) is 19.3 Å². The fourth-order valence-corrected chi connectivity index (χ4v) is 2.64. The zero-order valence-electron chi connectivity index (χ0n) is 10.3. The first-order chi connectivity index (χ1) is 8.36. The van der Waals surface area contributed by atoms with Gasteiger partial charge in [0.15, 0.2) is 0 Å². The van der Waals surface area contributed by atoms with Gasteiger partial charge in [-0.2, -0.15) is 0 Å². The highest BCUT2D eigenvalue weighted by atomic mass is 15.3. The zero-order chi connectivity index (χ0) is 11.7. The van der Waals surface area contributed by atoms with Crippen molar-refractivity contribution in [2.45, 2.75) is 26.2 Å². The maximum absolute atomic E-state index is 4.66. The molecule has 1 saturated heterocycles. The summed E-state index contributed by atoms with van der Waals surface area (Å²) in [6.07, 6.45) is 3.91. The Morgan fingerprint density at radius 1 is 1.29 bits per heavy atom. The summed E-state index contributed by atoms with van der Waals surface area (Å²) in [4.78, 5) is 10.5. The highest BCUT2D eigenvalue weighted by Crippen LogP contribution is 2.24. The van der Waals surface area contributed by atoms with Gasteiger partial charge in [-0.3, -0.25) is 0 Å². The Labute approximate surface area is 102 Å². The highest BCUT2D eigenvalue weighted by Gasteiger charge is 2.19. The van der Waals surface area contributed by atoms with E-state index in [4.69, 9.17) is 0 Å². The molecule has 1 aliphatic rings. The number of hydrogen-bond donors (Lipinski definition) is 1. The second-order valence-electron chi connectivity index (χ2n) is 4.92. The number of nitrogens with zero attached hydrogens (tertiary/aromatic N) is 2. The average Bonchev–Trinajstić information content (AvgIpc) is 2.82. The molecule has 0 spiro atoms. The summed E-state index contributed by atoms with van der Waals surface area (Å²) in [6.45, 7) is 4.57. The minimum absolute atomic E-state index is 0.913. The smallest absolute Gasteiger partial charge is 0.203 e.